The number of aliphatic hydroxyl groups excluding tert-OH is 1. The lowest BCUT2D eigenvalue weighted by Crippen LogP contribution is -2.06. The maximum absolute atomic E-state index is 10.1. The van der Waals surface area contributed by atoms with Gasteiger partial charge >= 0.3 is 0 Å². The number of rotatable bonds is 3. The zero-order valence-corrected chi connectivity index (χ0v) is 11.0. The molecule has 1 unspecified atom stereocenters. The molecule has 1 aromatic heterocycles. The number of nitrogens with zero attached hydrogens (tertiary/aromatic N) is 1. The van der Waals surface area contributed by atoms with Crippen molar-refractivity contribution in [2.75, 3.05) is 5.73 Å². The molecule has 0 saturated carbocycles. The van der Waals surface area contributed by atoms with Crippen molar-refractivity contribution in [3.63, 3.8) is 0 Å². The van der Waals surface area contributed by atoms with Crippen LogP contribution in [0.3, 0.4) is 0 Å². The lowest BCUT2D eigenvalue weighted by Gasteiger charge is -2.13. The minimum Gasteiger partial charge on any atom is -0.388 e. The Morgan fingerprint density at radius 1 is 1.22 bits per heavy atom. The quantitative estimate of drug-likeness (QED) is 0.909. The fraction of sp³-hybridized carbons (Fsp3) is 0.154. The van der Waals surface area contributed by atoms with E-state index in [0.29, 0.717) is 27.8 Å². The molecule has 0 radical (unpaired) electrons. The number of hydrogen-bond acceptors (Lipinski definition) is 3. The molecule has 0 aliphatic carbocycles. The van der Waals surface area contributed by atoms with E-state index in [1.807, 2.05) is 6.07 Å². The van der Waals surface area contributed by atoms with E-state index in [1.165, 1.54) is 0 Å². The Hall–Kier alpha value is -1.29. The second-order valence-electron chi connectivity index (χ2n) is 3.95. The maximum atomic E-state index is 10.1. The molecule has 3 nitrogen and oxygen atoms in total. The highest BCUT2D eigenvalue weighted by Crippen LogP contribution is 2.26. The number of halogens is 2. The summed E-state index contributed by atoms with van der Waals surface area (Å²) in [4.78, 5) is 3.94. The Morgan fingerprint density at radius 2 is 2.00 bits per heavy atom. The average Bonchev–Trinajstić information content (AvgIpc) is 2.34. The van der Waals surface area contributed by atoms with Crippen molar-refractivity contribution in [3.8, 4) is 0 Å². The molecule has 0 aliphatic rings. The van der Waals surface area contributed by atoms with Gasteiger partial charge in [-0.2, -0.15) is 0 Å². The molecule has 1 aromatic carbocycles. The van der Waals surface area contributed by atoms with Crippen molar-refractivity contribution >= 4 is 29.0 Å². The number of benzene rings is 1. The van der Waals surface area contributed by atoms with Gasteiger partial charge in [0, 0.05) is 18.2 Å². The molecule has 0 spiro atoms. The number of nitrogen functional groups attached to an aromatic ring is 1. The van der Waals surface area contributed by atoms with Gasteiger partial charge in [0.1, 0.15) is 5.82 Å². The monoisotopic (exact) mass is 282 g/mol. The maximum Gasteiger partial charge on any atom is 0.129 e. The van der Waals surface area contributed by atoms with Crippen LogP contribution < -0.4 is 5.73 Å². The van der Waals surface area contributed by atoms with Crippen LogP contribution in [0.1, 0.15) is 17.2 Å². The van der Waals surface area contributed by atoms with E-state index in [4.69, 9.17) is 28.9 Å². The lowest BCUT2D eigenvalue weighted by molar-refractivity contribution is 0.179. The topological polar surface area (TPSA) is 59.1 Å². The van der Waals surface area contributed by atoms with E-state index in [9.17, 15) is 5.11 Å². The second kappa shape index (κ2) is 5.57. The summed E-state index contributed by atoms with van der Waals surface area (Å²) in [5.41, 5.74) is 7.21. The van der Waals surface area contributed by atoms with Crippen LogP contribution in [0.2, 0.25) is 10.0 Å². The molecular formula is C13H12Cl2N2O. The molecule has 94 valence electrons. The third-order valence-corrected chi connectivity index (χ3v) is 3.38. The van der Waals surface area contributed by atoms with Crippen molar-refractivity contribution in [1.29, 1.82) is 0 Å². The lowest BCUT2D eigenvalue weighted by atomic mass is 10.0. The van der Waals surface area contributed by atoms with Gasteiger partial charge in [0.15, 0.2) is 0 Å². The highest BCUT2D eigenvalue weighted by atomic mass is 35.5. The fourth-order valence-corrected chi connectivity index (χ4v) is 2.03. The largest absolute Gasteiger partial charge is 0.388 e. The first-order valence-corrected chi connectivity index (χ1v) is 6.16. The molecule has 0 bridgehead atoms. The molecule has 0 saturated heterocycles. The number of hydrogen-bond donors (Lipinski definition) is 2. The van der Waals surface area contributed by atoms with Gasteiger partial charge in [-0.05, 0) is 23.8 Å². The normalized spacial score (nSPS) is 12.4. The highest BCUT2D eigenvalue weighted by molar-refractivity contribution is 6.42. The molecule has 2 rings (SSSR count). The summed E-state index contributed by atoms with van der Waals surface area (Å²) in [6.45, 7) is 0. The third kappa shape index (κ3) is 2.93. The summed E-state index contributed by atoms with van der Waals surface area (Å²) in [6.07, 6.45) is 1.29. The number of nitrogens with two attached hydrogens (primary N) is 1. The predicted molar refractivity (Wildman–Crippen MR) is 73.8 cm³/mol. The summed E-state index contributed by atoms with van der Waals surface area (Å²) in [5, 5.41) is 11.1. The zero-order chi connectivity index (χ0) is 13.1. The Kier molecular flexibility index (Phi) is 4.07. The molecule has 0 amide bonds. The molecule has 2 aromatic rings. The smallest absolute Gasteiger partial charge is 0.129 e. The van der Waals surface area contributed by atoms with E-state index in [0.717, 1.165) is 5.56 Å². The molecule has 1 heterocycles. The first-order valence-electron chi connectivity index (χ1n) is 5.40. The van der Waals surface area contributed by atoms with Crippen molar-refractivity contribution < 1.29 is 5.11 Å². The highest BCUT2D eigenvalue weighted by Gasteiger charge is 2.12. The summed E-state index contributed by atoms with van der Waals surface area (Å²) < 4.78 is 0. The van der Waals surface area contributed by atoms with Gasteiger partial charge in [-0.3, -0.25) is 0 Å². The van der Waals surface area contributed by atoms with Crippen molar-refractivity contribution in [1.82, 2.24) is 4.98 Å². The van der Waals surface area contributed by atoms with Crippen LogP contribution in [0, 0.1) is 0 Å². The van der Waals surface area contributed by atoms with Crippen LogP contribution in [0.5, 0.6) is 0 Å². The standard InChI is InChI=1S/C13H12Cl2N2O/c14-10-4-3-8(6-11(10)15)7-12(18)9-2-1-5-17-13(9)16/h1-6,12,18H,7H2,(H2,16,17). The molecule has 0 aliphatic heterocycles. The van der Waals surface area contributed by atoms with Crippen molar-refractivity contribution in [2.24, 2.45) is 0 Å². The number of pyridine rings is 1. The summed E-state index contributed by atoms with van der Waals surface area (Å²) in [7, 11) is 0. The Morgan fingerprint density at radius 3 is 2.67 bits per heavy atom. The summed E-state index contributed by atoms with van der Waals surface area (Å²) in [6, 6.07) is 8.76. The number of anilines is 1. The number of aromatic nitrogens is 1. The molecule has 3 N–H and O–H groups in total. The van der Waals surface area contributed by atoms with Crippen LogP contribution >= 0.6 is 23.2 Å². The summed E-state index contributed by atoms with van der Waals surface area (Å²) >= 11 is 11.8. The second-order valence-corrected chi connectivity index (χ2v) is 4.76. The molecule has 1 atom stereocenters. The van der Waals surface area contributed by atoms with E-state index >= 15 is 0 Å². The average molecular weight is 283 g/mol. The van der Waals surface area contributed by atoms with Gasteiger partial charge in [-0.15, -0.1) is 0 Å². The Bertz CT molecular complexity index is 560. The van der Waals surface area contributed by atoms with Crippen molar-refractivity contribution in [3.05, 3.63) is 57.7 Å². The minimum absolute atomic E-state index is 0.338. The van der Waals surface area contributed by atoms with Gasteiger partial charge in [0.05, 0.1) is 16.1 Å². The first-order chi connectivity index (χ1) is 8.58. The van der Waals surface area contributed by atoms with E-state index in [2.05, 4.69) is 4.98 Å². The molecule has 0 fully saturated rings. The van der Waals surface area contributed by atoms with Crippen LogP contribution in [0.15, 0.2) is 36.5 Å². The van der Waals surface area contributed by atoms with Gasteiger partial charge in [0.2, 0.25) is 0 Å². The van der Waals surface area contributed by atoms with Crippen LogP contribution in [-0.4, -0.2) is 10.1 Å². The van der Waals surface area contributed by atoms with E-state index in [1.54, 1.807) is 30.5 Å². The van der Waals surface area contributed by atoms with E-state index < -0.39 is 6.10 Å². The van der Waals surface area contributed by atoms with Gasteiger partial charge in [0.25, 0.3) is 0 Å². The SMILES string of the molecule is Nc1ncccc1C(O)Cc1ccc(Cl)c(Cl)c1. The van der Waals surface area contributed by atoms with Crippen LogP contribution in [0.4, 0.5) is 5.82 Å². The third-order valence-electron chi connectivity index (χ3n) is 2.64. The van der Waals surface area contributed by atoms with E-state index in [-0.39, 0.29) is 0 Å². The molecule has 18 heavy (non-hydrogen) atoms. The summed E-state index contributed by atoms with van der Waals surface area (Å²) in [5.74, 6) is 0.338. The zero-order valence-electron chi connectivity index (χ0n) is 9.48. The predicted octanol–water partition coefficient (Wildman–Crippen LogP) is 3.25. The Labute approximate surface area is 115 Å². The van der Waals surface area contributed by atoms with Gasteiger partial charge in [-0.1, -0.05) is 35.3 Å². The van der Waals surface area contributed by atoms with Crippen molar-refractivity contribution in [2.45, 2.75) is 12.5 Å². The van der Waals surface area contributed by atoms with Gasteiger partial charge in [-0.25, -0.2) is 4.98 Å². The first kappa shape index (κ1) is 13.1. The Balaban J connectivity index is 2.19. The minimum atomic E-state index is -0.712. The fourth-order valence-electron chi connectivity index (χ4n) is 1.71. The molecular weight excluding hydrogens is 271 g/mol. The number of aliphatic hydroxyl groups is 1. The molecule has 5 heteroatoms. The van der Waals surface area contributed by atoms with Crippen LogP contribution in [-0.2, 0) is 6.42 Å². The van der Waals surface area contributed by atoms with Crippen LogP contribution in [0.25, 0.3) is 0 Å². The van der Waals surface area contributed by atoms with Gasteiger partial charge < -0.3 is 10.8 Å².